The fourth-order valence-electron chi connectivity index (χ4n) is 6.22. The van der Waals surface area contributed by atoms with E-state index in [0.717, 1.165) is 74.2 Å². The topological polar surface area (TPSA) is 70.5 Å². The summed E-state index contributed by atoms with van der Waals surface area (Å²) < 4.78 is 2.21. The predicted molar refractivity (Wildman–Crippen MR) is 136 cm³/mol. The maximum absolute atomic E-state index is 13.1. The van der Waals surface area contributed by atoms with Gasteiger partial charge in [0.1, 0.15) is 4.83 Å². The monoisotopic (exact) mass is 485 g/mol. The van der Waals surface area contributed by atoms with E-state index in [2.05, 4.69) is 27.9 Å². The van der Waals surface area contributed by atoms with Gasteiger partial charge < -0.3 is 10.2 Å². The summed E-state index contributed by atoms with van der Waals surface area (Å²) in [6.45, 7) is 7.51. The number of nitrogens with zero attached hydrogens (tertiary/aromatic N) is 4. The van der Waals surface area contributed by atoms with Crippen LogP contribution in [-0.4, -0.2) is 69.7 Å². The van der Waals surface area contributed by atoms with Gasteiger partial charge in [-0.15, -0.1) is 11.3 Å². The second kappa shape index (κ2) is 10.4. The zero-order valence-electron chi connectivity index (χ0n) is 20.7. The molecule has 2 amide bonds. The van der Waals surface area contributed by atoms with Crippen molar-refractivity contribution >= 4 is 33.4 Å². The Kier molecular flexibility index (Phi) is 7.25. The Balaban J connectivity index is 1.17. The molecule has 7 nitrogen and oxygen atoms in total. The number of carbonyl (C=O) groups excluding carboxylic acids is 2. The molecule has 1 aliphatic heterocycles. The van der Waals surface area contributed by atoms with Gasteiger partial charge in [0, 0.05) is 50.6 Å². The van der Waals surface area contributed by atoms with E-state index in [-0.39, 0.29) is 17.9 Å². The van der Waals surface area contributed by atoms with Crippen molar-refractivity contribution in [2.24, 2.45) is 0 Å². The van der Waals surface area contributed by atoms with E-state index in [0.29, 0.717) is 12.1 Å². The van der Waals surface area contributed by atoms with Gasteiger partial charge >= 0.3 is 0 Å². The fourth-order valence-corrected chi connectivity index (χ4v) is 7.35. The quantitative estimate of drug-likeness (QED) is 0.692. The van der Waals surface area contributed by atoms with Crippen LogP contribution >= 0.6 is 11.3 Å². The Bertz CT molecular complexity index is 1020. The van der Waals surface area contributed by atoms with Gasteiger partial charge in [0.15, 0.2) is 0 Å². The number of aromatic nitrogens is 2. The lowest BCUT2D eigenvalue weighted by molar-refractivity contribution is -0.128. The average molecular weight is 486 g/mol. The van der Waals surface area contributed by atoms with E-state index in [1.54, 1.807) is 18.3 Å². The fraction of sp³-hybridized carbons (Fsp3) is 0.731. The van der Waals surface area contributed by atoms with Crippen molar-refractivity contribution in [3.05, 3.63) is 16.6 Å². The normalized spacial score (nSPS) is 25.4. The van der Waals surface area contributed by atoms with E-state index in [4.69, 9.17) is 5.10 Å². The molecule has 1 saturated heterocycles. The summed E-state index contributed by atoms with van der Waals surface area (Å²) in [7, 11) is 0. The number of hydrogen-bond acceptors (Lipinski definition) is 5. The van der Waals surface area contributed by atoms with Crippen LogP contribution in [0.25, 0.3) is 10.2 Å². The van der Waals surface area contributed by atoms with E-state index in [9.17, 15) is 9.59 Å². The highest BCUT2D eigenvalue weighted by atomic mass is 32.1. The third-order valence-corrected chi connectivity index (χ3v) is 9.36. The number of fused-ring (bicyclic) bond motifs is 1. The van der Waals surface area contributed by atoms with Gasteiger partial charge in [-0.1, -0.05) is 19.3 Å². The molecule has 186 valence electrons. The second-order valence-electron chi connectivity index (χ2n) is 10.5. The number of thiophene rings is 1. The Morgan fingerprint density at radius 3 is 2.44 bits per heavy atom. The van der Waals surface area contributed by atoms with E-state index >= 15 is 0 Å². The first kappa shape index (κ1) is 23.8. The standard InChI is InChI=1S/C26H39N5O2S/c1-18-23-17-24(34-26(23)31(28-18)22-7-4-3-5-8-22)25(33)27-20-9-11-21(12-10-20)30-14-6-13-29(15-16-30)19(2)32/h17,20-22H,3-16H2,1-2H3,(H,27,33). The highest BCUT2D eigenvalue weighted by Crippen LogP contribution is 2.35. The SMILES string of the molecule is CC(=O)N1CCCN(C2CCC(NC(=O)c3cc4c(C)nn(C5CCCCC5)c4s3)CC2)CC1. The molecule has 0 atom stereocenters. The Labute approximate surface area is 206 Å². The first-order chi connectivity index (χ1) is 16.5. The van der Waals surface area contributed by atoms with Gasteiger partial charge in [-0.05, 0) is 57.9 Å². The van der Waals surface area contributed by atoms with Gasteiger partial charge in [-0.25, -0.2) is 0 Å². The maximum atomic E-state index is 13.1. The molecule has 0 radical (unpaired) electrons. The van der Waals surface area contributed by atoms with Crippen molar-refractivity contribution < 1.29 is 9.59 Å². The third kappa shape index (κ3) is 5.03. The Morgan fingerprint density at radius 2 is 1.71 bits per heavy atom. The number of nitrogens with one attached hydrogen (secondary N) is 1. The van der Waals surface area contributed by atoms with Crippen molar-refractivity contribution in [2.75, 3.05) is 26.2 Å². The number of hydrogen-bond donors (Lipinski definition) is 1. The van der Waals surface area contributed by atoms with Crippen LogP contribution in [-0.2, 0) is 4.79 Å². The molecular formula is C26H39N5O2S. The molecule has 0 unspecified atom stereocenters. The molecule has 0 aromatic carbocycles. The molecule has 0 spiro atoms. The van der Waals surface area contributed by atoms with Crippen molar-refractivity contribution in [1.29, 1.82) is 0 Å². The minimum absolute atomic E-state index is 0.0751. The van der Waals surface area contributed by atoms with Gasteiger partial charge in [0.05, 0.1) is 16.6 Å². The van der Waals surface area contributed by atoms with E-state index in [1.807, 2.05) is 4.90 Å². The molecule has 2 aromatic heterocycles. The van der Waals surface area contributed by atoms with Crippen molar-refractivity contribution in [3.63, 3.8) is 0 Å². The lowest BCUT2D eigenvalue weighted by Crippen LogP contribution is -2.45. The van der Waals surface area contributed by atoms with Gasteiger partial charge in [0.2, 0.25) is 5.91 Å². The molecular weight excluding hydrogens is 446 g/mol. The summed E-state index contributed by atoms with van der Waals surface area (Å²) in [5, 5.41) is 9.31. The molecule has 1 N–H and O–H groups in total. The zero-order chi connectivity index (χ0) is 23.7. The van der Waals surface area contributed by atoms with E-state index in [1.165, 1.54) is 36.9 Å². The minimum Gasteiger partial charge on any atom is -0.349 e. The summed E-state index contributed by atoms with van der Waals surface area (Å²) in [4.78, 5) is 31.4. The van der Waals surface area contributed by atoms with Crippen molar-refractivity contribution in [1.82, 2.24) is 24.9 Å². The van der Waals surface area contributed by atoms with E-state index < -0.39 is 0 Å². The third-order valence-electron chi connectivity index (χ3n) is 8.24. The molecule has 8 heteroatoms. The summed E-state index contributed by atoms with van der Waals surface area (Å²) in [6.07, 6.45) is 11.6. The number of rotatable bonds is 4. The molecule has 34 heavy (non-hydrogen) atoms. The average Bonchev–Trinajstić information content (AvgIpc) is 3.31. The lowest BCUT2D eigenvalue weighted by Gasteiger charge is -2.36. The molecule has 3 fully saturated rings. The summed E-state index contributed by atoms with van der Waals surface area (Å²) in [5.41, 5.74) is 1.04. The largest absolute Gasteiger partial charge is 0.349 e. The molecule has 2 aliphatic carbocycles. The van der Waals surface area contributed by atoms with Crippen LogP contribution in [0.3, 0.4) is 0 Å². The van der Waals surface area contributed by atoms with Crippen LogP contribution in [0.4, 0.5) is 0 Å². The Morgan fingerprint density at radius 1 is 0.941 bits per heavy atom. The molecule has 2 aromatic rings. The molecule has 5 rings (SSSR count). The highest BCUT2D eigenvalue weighted by molar-refractivity contribution is 7.20. The number of aryl methyl sites for hydroxylation is 1. The van der Waals surface area contributed by atoms with Crippen LogP contribution < -0.4 is 5.32 Å². The number of carbonyl (C=O) groups is 2. The van der Waals surface area contributed by atoms with Gasteiger partial charge in [-0.3, -0.25) is 19.2 Å². The first-order valence-electron chi connectivity index (χ1n) is 13.3. The van der Waals surface area contributed by atoms with Crippen LogP contribution in [0.15, 0.2) is 6.07 Å². The lowest BCUT2D eigenvalue weighted by atomic mass is 9.90. The second-order valence-corrected chi connectivity index (χ2v) is 11.6. The van der Waals surface area contributed by atoms with Crippen LogP contribution in [0, 0.1) is 6.92 Å². The predicted octanol–water partition coefficient (Wildman–Crippen LogP) is 4.51. The summed E-state index contributed by atoms with van der Waals surface area (Å²) in [5.74, 6) is 0.266. The van der Waals surface area contributed by atoms with Crippen LogP contribution in [0.5, 0.6) is 0 Å². The number of amides is 2. The first-order valence-corrected chi connectivity index (χ1v) is 14.1. The van der Waals surface area contributed by atoms with Gasteiger partial charge in [-0.2, -0.15) is 5.10 Å². The van der Waals surface area contributed by atoms with Gasteiger partial charge in [0.25, 0.3) is 5.91 Å². The van der Waals surface area contributed by atoms with Crippen LogP contribution in [0.1, 0.15) is 92.5 Å². The van der Waals surface area contributed by atoms with Crippen molar-refractivity contribution in [3.8, 4) is 0 Å². The Hall–Kier alpha value is -1.93. The van der Waals surface area contributed by atoms with Crippen LogP contribution in [0.2, 0.25) is 0 Å². The zero-order valence-corrected chi connectivity index (χ0v) is 21.5. The van der Waals surface area contributed by atoms with Crippen molar-refractivity contribution in [2.45, 2.75) is 96.2 Å². The molecule has 3 heterocycles. The summed E-state index contributed by atoms with van der Waals surface area (Å²) in [6, 6.07) is 3.37. The minimum atomic E-state index is 0.0751. The maximum Gasteiger partial charge on any atom is 0.261 e. The molecule has 0 bridgehead atoms. The molecule has 3 aliphatic rings. The smallest absolute Gasteiger partial charge is 0.261 e. The molecule has 2 saturated carbocycles. The highest BCUT2D eigenvalue weighted by Gasteiger charge is 2.29. The summed E-state index contributed by atoms with van der Waals surface area (Å²) >= 11 is 1.61.